The molecule has 2 aromatic carbocycles. The molecule has 0 radical (unpaired) electrons. The van der Waals surface area contributed by atoms with E-state index in [9.17, 15) is 14.7 Å². The van der Waals surface area contributed by atoms with Crippen LogP contribution >= 0.6 is 12.4 Å². The van der Waals surface area contributed by atoms with E-state index in [-0.39, 0.29) is 36.0 Å². The van der Waals surface area contributed by atoms with Crippen LogP contribution in [0.15, 0.2) is 46.6 Å². The quantitative estimate of drug-likeness (QED) is 0.493. The number of hydrogen-bond donors (Lipinski definition) is 3. The molecule has 2 aromatic rings. The second kappa shape index (κ2) is 12.4. The molecule has 0 fully saturated rings. The van der Waals surface area contributed by atoms with E-state index in [2.05, 4.69) is 15.5 Å². The molecule has 0 heterocycles. The van der Waals surface area contributed by atoms with Crippen LogP contribution in [0.25, 0.3) is 0 Å². The summed E-state index contributed by atoms with van der Waals surface area (Å²) in [4.78, 5) is 24.5. The van der Waals surface area contributed by atoms with E-state index in [0.717, 1.165) is 0 Å². The molecular weight excluding hydrogens is 428 g/mol. The Morgan fingerprint density at radius 3 is 2.39 bits per heavy atom. The molecule has 0 atom stereocenters. The van der Waals surface area contributed by atoms with Crippen molar-refractivity contribution in [2.24, 2.45) is 10.2 Å². The first-order chi connectivity index (χ1) is 14.3. The molecule has 0 aromatic heterocycles. The van der Waals surface area contributed by atoms with Gasteiger partial charge < -0.3 is 29.9 Å². The first-order valence-electron chi connectivity index (χ1n) is 9.03. The summed E-state index contributed by atoms with van der Waals surface area (Å²) in [5.41, 5.74) is 1.12. The highest BCUT2D eigenvalue weighted by Crippen LogP contribution is 2.28. The Labute approximate surface area is 185 Å². The number of carboxylic acid groups (broad SMARTS) is 1. The molecule has 2 rings (SSSR count). The lowest BCUT2D eigenvalue weighted by molar-refractivity contribution is 0.0693. The summed E-state index contributed by atoms with van der Waals surface area (Å²) in [6.07, 6.45) is -0.447. The number of aromatic carboxylic acids is 1. The second-order valence-corrected chi connectivity index (χ2v) is 6.28. The summed E-state index contributed by atoms with van der Waals surface area (Å²) in [6, 6.07) is 8.89. The van der Waals surface area contributed by atoms with Gasteiger partial charge in [0.1, 0.15) is 23.7 Å². The third kappa shape index (κ3) is 7.43. The number of methoxy groups -OCH3 is 1. The zero-order chi connectivity index (χ0) is 22.1. The van der Waals surface area contributed by atoms with Crippen LogP contribution in [-0.2, 0) is 11.3 Å². The minimum Gasteiger partial charge on any atom is -0.507 e. The molecule has 0 saturated carbocycles. The number of rotatable bonds is 9. The van der Waals surface area contributed by atoms with E-state index in [1.807, 2.05) is 0 Å². The summed E-state index contributed by atoms with van der Waals surface area (Å²) >= 11 is 0. The smallest absolute Gasteiger partial charge is 0.409 e. The maximum Gasteiger partial charge on any atom is 0.409 e. The number of carbonyl (C=O) groups is 2. The molecule has 0 aliphatic rings. The highest BCUT2D eigenvalue weighted by Gasteiger charge is 2.12. The Kier molecular flexibility index (Phi) is 10.2. The first kappa shape index (κ1) is 25.7. The summed E-state index contributed by atoms with van der Waals surface area (Å²) in [5, 5.41) is 29.6. The standard InChI is InChI=1S/C20H24N4O6.ClH/c1-21-8-9-24(2)20(28)30-12-13-4-5-15(11-18(13)29-3)23-22-14-6-7-17(25)16(10-14)19(26)27;/h4-7,10-11,21,25H,8-9,12H2,1-3H3,(H,26,27);1H. The van der Waals surface area contributed by atoms with Gasteiger partial charge in [0, 0.05) is 31.8 Å². The van der Waals surface area contributed by atoms with Gasteiger partial charge in [0.15, 0.2) is 0 Å². The maximum absolute atomic E-state index is 12.0. The number of carboxylic acids is 1. The monoisotopic (exact) mass is 452 g/mol. The van der Waals surface area contributed by atoms with Gasteiger partial charge in [0.2, 0.25) is 0 Å². The molecule has 0 spiro atoms. The Morgan fingerprint density at radius 1 is 1.13 bits per heavy atom. The van der Waals surface area contributed by atoms with Crippen LogP contribution < -0.4 is 10.1 Å². The molecule has 10 nitrogen and oxygen atoms in total. The van der Waals surface area contributed by atoms with Gasteiger partial charge in [-0.15, -0.1) is 12.4 Å². The lowest BCUT2D eigenvalue weighted by atomic mass is 10.2. The zero-order valence-electron chi connectivity index (χ0n) is 17.4. The lowest BCUT2D eigenvalue weighted by Gasteiger charge is -2.17. The third-order valence-electron chi connectivity index (χ3n) is 4.12. The van der Waals surface area contributed by atoms with Gasteiger partial charge >= 0.3 is 12.1 Å². The SMILES string of the molecule is CNCCN(C)C(=O)OCc1ccc(N=Nc2ccc(O)c(C(=O)O)c2)cc1OC.Cl. The summed E-state index contributed by atoms with van der Waals surface area (Å²) < 4.78 is 10.6. The maximum atomic E-state index is 12.0. The average molecular weight is 453 g/mol. The summed E-state index contributed by atoms with van der Waals surface area (Å²) in [6.45, 7) is 1.21. The second-order valence-electron chi connectivity index (χ2n) is 6.28. The first-order valence-corrected chi connectivity index (χ1v) is 9.03. The Morgan fingerprint density at radius 2 is 1.77 bits per heavy atom. The largest absolute Gasteiger partial charge is 0.507 e. The van der Waals surface area contributed by atoms with E-state index in [0.29, 0.717) is 30.1 Å². The molecular formula is C20H25ClN4O6. The molecule has 0 unspecified atom stereocenters. The molecule has 0 aliphatic heterocycles. The van der Waals surface area contributed by atoms with Crippen LogP contribution in [0.3, 0.4) is 0 Å². The van der Waals surface area contributed by atoms with Crippen molar-refractivity contribution in [1.29, 1.82) is 0 Å². The number of azo groups is 1. The van der Waals surface area contributed by atoms with E-state index < -0.39 is 12.1 Å². The molecule has 11 heteroatoms. The topological polar surface area (TPSA) is 133 Å². The van der Waals surface area contributed by atoms with E-state index in [1.165, 1.54) is 30.2 Å². The molecule has 0 aliphatic carbocycles. The highest BCUT2D eigenvalue weighted by atomic mass is 35.5. The number of amides is 1. The zero-order valence-corrected chi connectivity index (χ0v) is 18.2. The Hall–Kier alpha value is -3.37. The van der Waals surface area contributed by atoms with Gasteiger partial charge in [0.05, 0.1) is 18.5 Å². The highest BCUT2D eigenvalue weighted by molar-refractivity contribution is 5.91. The number of likely N-dealkylation sites (N-methyl/N-ethyl adjacent to an activating group) is 2. The Bertz CT molecular complexity index is 938. The van der Waals surface area contributed by atoms with Crippen LogP contribution in [0, 0.1) is 0 Å². The fraction of sp³-hybridized carbons (Fsp3) is 0.300. The van der Waals surface area contributed by atoms with Crippen LogP contribution in [-0.4, -0.2) is 61.5 Å². The number of nitrogens with one attached hydrogen (secondary N) is 1. The molecule has 0 saturated heterocycles. The average Bonchev–Trinajstić information content (AvgIpc) is 2.75. The van der Waals surface area contributed by atoms with Crippen molar-refractivity contribution >= 4 is 35.8 Å². The number of benzene rings is 2. The normalized spacial score (nSPS) is 10.4. The fourth-order valence-corrected chi connectivity index (χ4v) is 2.41. The van der Waals surface area contributed by atoms with Gasteiger partial charge in [0.25, 0.3) is 0 Å². The predicted octanol–water partition coefficient (Wildman–Crippen LogP) is 3.72. The van der Waals surface area contributed by atoms with Crippen LogP contribution in [0.5, 0.6) is 11.5 Å². The number of halogens is 1. The number of aromatic hydroxyl groups is 1. The number of phenols is 1. The minimum absolute atomic E-state index is 0. The van der Waals surface area contributed by atoms with Crippen LogP contribution in [0.1, 0.15) is 15.9 Å². The lowest BCUT2D eigenvalue weighted by Crippen LogP contribution is -2.33. The van der Waals surface area contributed by atoms with Gasteiger partial charge in [-0.05, 0) is 37.4 Å². The molecule has 0 bridgehead atoms. The van der Waals surface area contributed by atoms with Crippen molar-refractivity contribution in [3.05, 3.63) is 47.5 Å². The van der Waals surface area contributed by atoms with Crippen molar-refractivity contribution < 1.29 is 29.3 Å². The Balaban J connectivity index is 0.00000480. The van der Waals surface area contributed by atoms with Gasteiger partial charge in [-0.25, -0.2) is 9.59 Å². The fourth-order valence-electron chi connectivity index (χ4n) is 2.41. The molecule has 31 heavy (non-hydrogen) atoms. The van der Waals surface area contributed by atoms with Gasteiger partial charge in [-0.3, -0.25) is 0 Å². The number of nitrogens with zero attached hydrogens (tertiary/aromatic N) is 3. The third-order valence-corrected chi connectivity index (χ3v) is 4.12. The van der Waals surface area contributed by atoms with Crippen molar-refractivity contribution in [1.82, 2.24) is 10.2 Å². The molecule has 3 N–H and O–H groups in total. The number of ether oxygens (including phenoxy) is 2. The van der Waals surface area contributed by atoms with Crippen molar-refractivity contribution in [2.45, 2.75) is 6.61 Å². The van der Waals surface area contributed by atoms with Crippen molar-refractivity contribution in [3.63, 3.8) is 0 Å². The van der Waals surface area contributed by atoms with Gasteiger partial charge in [-0.1, -0.05) is 0 Å². The van der Waals surface area contributed by atoms with Crippen molar-refractivity contribution in [3.8, 4) is 11.5 Å². The predicted molar refractivity (Wildman–Crippen MR) is 116 cm³/mol. The number of carbonyl (C=O) groups excluding carboxylic acids is 1. The minimum atomic E-state index is -1.26. The van der Waals surface area contributed by atoms with E-state index in [1.54, 1.807) is 32.3 Å². The number of hydrogen-bond acceptors (Lipinski definition) is 8. The molecule has 168 valence electrons. The van der Waals surface area contributed by atoms with E-state index in [4.69, 9.17) is 14.6 Å². The van der Waals surface area contributed by atoms with E-state index >= 15 is 0 Å². The van der Waals surface area contributed by atoms with Crippen molar-refractivity contribution in [2.75, 3.05) is 34.3 Å². The summed E-state index contributed by atoms with van der Waals surface area (Å²) in [5.74, 6) is -1.14. The molecule has 1 amide bonds. The van der Waals surface area contributed by atoms with Crippen LogP contribution in [0.2, 0.25) is 0 Å². The summed E-state index contributed by atoms with van der Waals surface area (Å²) in [7, 11) is 4.94. The van der Waals surface area contributed by atoms with Crippen LogP contribution in [0.4, 0.5) is 16.2 Å². The van der Waals surface area contributed by atoms with Gasteiger partial charge in [-0.2, -0.15) is 10.2 Å².